The summed E-state index contributed by atoms with van der Waals surface area (Å²) in [4.78, 5) is 1.31. The summed E-state index contributed by atoms with van der Waals surface area (Å²) in [7, 11) is 0. The highest BCUT2D eigenvalue weighted by molar-refractivity contribution is 7.10. The van der Waals surface area contributed by atoms with E-state index in [-0.39, 0.29) is 12.1 Å². The number of hydrogen-bond acceptors (Lipinski definition) is 3. The van der Waals surface area contributed by atoms with Gasteiger partial charge in [-0.2, -0.15) is 0 Å². The smallest absolute Gasteiger partial charge is 0.0662 e. The van der Waals surface area contributed by atoms with Crippen molar-refractivity contribution in [2.75, 3.05) is 0 Å². The van der Waals surface area contributed by atoms with E-state index in [2.05, 4.69) is 23.7 Å². The van der Waals surface area contributed by atoms with E-state index in [4.69, 9.17) is 0 Å². The van der Waals surface area contributed by atoms with E-state index in [9.17, 15) is 5.11 Å². The molecule has 1 aromatic heterocycles. The predicted molar refractivity (Wildman–Crippen MR) is 57.0 cm³/mol. The summed E-state index contributed by atoms with van der Waals surface area (Å²) in [6, 6.07) is 4.61. The van der Waals surface area contributed by atoms with Crippen molar-refractivity contribution >= 4 is 11.3 Å². The first-order valence-corrected chi connectivity index (χ1v) is 5.46. The fraction of sp³-hybridized carbons (Fsp3) is 0.600. The van der Waals surface area contributed by atoms with Crippen molar-refractivity contribution in [3.63, 3.8) is 0 Å². The average Bonchev–Trinajstić information content (AvgIpc) is 2.55. The van der Waals surface area contributed by atoms with Gasteiger partial charge in [0.05, 0.1) is 6.10 Å². The molecule has 1 rings (SSSR count). The summed E-state index contributed by atoms with van der Waals surface area (Å²) in [6.07, 6.45) is -0.303. The third kappa shape index (κ3) is 3.10. The molecule has 3 heteroatoms. The lowest BCUT2D eigenvalue weighted by atomic mass is 10.1. The Kier molecular flexibility index (Phi) is 3.90. The highest BCUT2D eigenvalue weighted by Gasteiger charge is 2.13. The van der Waals surface area contributed by atoms with Gasteiger partial charge in [-0.3, -0.25) is 0 Å². The molecule has 13 heavy (non-hydrogen) atoms. The van der Waals surface area contributed by atoms with Gasteiger partial charge in [0.1, 0.15) is 0 Å². The molecular formula is C10H17NOS. The van der Waals surface area contributed by atoms with E-state index in [0.29, 0.717) is 6.04 Å². The summed E-state index contributed by atoms with van der Waals surface area (Å²) >= 11 is 1.74. The number of aliphatic hydroxyl groups is 1. The van der Waals surface area contributed by atoms with Crippen molar-refractivity contribution in [2.24, 2.45) is 0 Å². The second kappa shape index (κ2) is 4.74. The Hall–Kier alpha value is -0.380. The maximum Gasteiger partial charge on any atom is 0.0662 e. The molecule has 1 aromatic rings. The Morgan fingerprint density at radius 3 is 2.54 bits per heavy atom. The first kappa shape index (κ1) is 10.7. The summed E-state index contributed by atoms with van der Waals surface area (Å²) in [5.74, 6) is 0. The van der Waals surface area contributed by atoms with Crippen LogP contribution < -0.4 is 5.32 Å². The van der Waals surface area contributed by atoms with Gasteiger partial charge in [0, 0.05) is 17.0 Å². The lowest BCUT2D eigenvalue weighted by Gasteiger charge is -2.21. The maximum absolute atomic E-state index is 9.31. The molecule has 2 unspecified atom stereocenters. The zero-order chi connectivity index (χ0) is 9.84. The van der Waals surface area contributed by atoms with Gasteiger partial charge in [0.2, 0.25) is 0 Å². The topological polar surface area (TPSA) is 32.3 Å². The maximum atomic E-state index is 9.31. The van der Waals surface area contributed by atoms with Gasteiger partial charge in [0.25, 0.3) is 0 Å². The molecule has 0 aliphatic heterocycles. The monoisotopic (exact) mass is 199 g/mol. The molecule has 3 atom stereocenters. The van der Waals surface area contributed by atoms with Gasteiger partial charge in [-0.05, 0) is 32.2 Å². The average molecular weight is 199 g/mol. The molecule has 0 aliphatic rings. The molecule has 0 saturated carbocycles. The van der Waals surface area contributed by atoms with Gasteiger partial charge < -0.3 is 10.4 Å². The minimum Gasteiger partial charge on any atom is -0.392 e. The second-order valence-electron chi connectivity index (χ2n) is 3.43. The van der Waals surface area contributed by atoms with E-state index >= 15 is 0 Å². The van der Waals surface area contributed by atoms with Crippen molar-refractivity contribution in [1.29, 1.82) is 0 Å². The number of nitrogens with one attached hydrogen (secondary N) is 1. The van der Waals surface area contributed by atoms with Crippen molar-refractivity contribution in [3.8, 4) is 0 Å². The van der Waals surface area contributed by atoms with Crippen LogP contribution in [-0.4, -0.2) is 17.3 Å². The van der Waals surface area contributed by atoms with Gasteiger partial charge in [-0.25, -0.2) is 0 Å². The number of hydrogen-bond donors (Lipinski definition) is 2. The molecule has 2 N–H and O–H groups in total. The number of thiophene rings is 1. The zero-order valence-electron chi connectivity index (χ0n) is 8.32. The van der Waals surface area contributed by atoms with Gasteiger partial charge in [-0.15, -0.1) is 11.3 Å². The highest BCUT2D eigenvalue weighted by atomic mass is 32.1. The quantitative estimate of drug-likeness (QED) is 0.779. The summed E-state index contributed by atoms with van der Waals surface area (Å²) in [6.45, 7) is 5.91. The van der Waals surface area contributed by atoms with Crippen LogP contribution >= 0.6 is 11.3 Å². The Morgan fingerprint density at radius 2 is 2.08 bits per heavy atom. The Labute approximate surface area is 83.6 Å². The Bertz CT molecular complexity index is 233. The third-order valence-electron chi connectivity index (χ3n) is 2.21. The fourth-order valence-electron chi connectivity index (χ4n) is 1.15. The molecule has 0 saturated heterocycles. The van der Waals surface area contributed by atoms with E-state index in [1.807, 2.05) is 13.0 Å². The molecule has 0 aromatic carbocycles. The zero-order valence-corrected chi connectivity index (χ0v) is 9.14. The molecule has 0 fully saturated rings. The fourth-order valence-corrected chi connectivity index (χ4v) is 1.90. The van der Waals surface area contributed by atoms with Crippen LogP contribution in [0.4, 0.5) is 0 Å². The molecule has 0 spiro atoms. The van der Waals surface area contributed by atoms with Crippen LogP contribution in [0.2, 0.25) is 0 Å². The molecule has 74 valence electrons. The molecule has 0 bridgehead atoms. The third-order valence-corrected chi connectivity index (χ3v) is 3.26. The number of aliphatic hydroxyl groups excluding tert-OH is 1. The minimum absolute atomic E-state index is 0.136. The van der Waals surface area contributed by atoms with Crippen LogP contribution in [0.25, 0.3) is 0 Å². The molecular weight excluding hydrogens is 182 g/mol. The SMILES string of the molecule is CC(O)C(C)N[C@H](C)c1cccs1. The lowest BCUT2D eigenvalue weighted by Crippen LogP contribution is -2.36. The first-order valence-electron chi connectivity index (χ1n) is 4.58. The van der Waals surface area contributed by atoms with E-state index in [0.717, 1.165) is 0 Å². The minimum atomic E-state index is -0.303. The Morgan fingerprint density at radius 1 is 1.38 bits per heavy atom. The van der Waals surface area contributed by atoms with Crippen molar-refractivity contribution in [2.45, 2.75) is 39.0 Å². The first-order chi connectivity index (χ1) is 6.11. The van der Waals surface area contributed by atoms with E-state index in [1.165, 1.54) is 4.88 Å². The normalized spacial score (nSPS) is 18.2. The number of rotatable bonds is 4. The van der Waals surface area contributed by atoms with Gasteiger partial charge in [0.15, 0.2) is 0 Å². The van der Waals surface area contributed by atoms with E-state index < -0.39 is 0 Å². The van der Waals surface area contributed by atoms with Crippen molar-refractivity contribution in [1.82, 2.24) is 5.32 Å². The standard InChI is InChI=1S/C10H17NOS/c1-7(9(3)12)11-8(2)10-5-4-6-13-10/h4-9,11-12H,1-3H3/t7?,8-,9?/m1/s1. The van der Waals surface area contributed by atoms with Crippen LogP contribution in [-0.2, 0) is 0 Å². The van der Waals surface area contributed by atoms with Gasteiger partial charge in [-0.1, -0.05) is 6.07 Å². The molecule has 0 radical (unpaired) electrons. The van der Waals surface area contributed by atoms with Gasteiger partial charge >= 0.3 is 0 Å². The molecule has 2 nitrogen and oxygen atoms in total. The van der Waals surface area contributed by atoms with Crippen LogP contribution in [0.15, 0.2) is 17.5 Å². The lowest BCUT2D eigenvalue weighted by molar-refractivity contribution is 0.147. The van der Waals surface area contributed by atoms with Crippen LogP contribution in [0.5, 0.6) is 0 Å². The highest BCUT2D eigenvalue weighted by Crippen LogP contribution is 2.18. The van der Waals surface area contributed by atoms with Crippen LogP contribution in [0.3, 0.4) is 0 Å². The second-order valence-corrected chi connectivity index (χ2v) is 4.41. The van der Waals surface area contributed by atoms with E-state index in [1.54, 1.807) is 18.3 Å². The van der Waals surface area contributed by atoms with Crippen LogP contribution in [0.1, 0.15) is 31.7 Å². The van der Waals surface area contributed by atoms with Crippen molar-refractivity contribution in [3.05, 3.63) is 22.4 Å². The summed E-state index contributed by atoms with van der Waals surface area (Å²) in [5, 5.41) is 14.7. The molecule has 1 heterocycles. The van der Waals surface area contributed by atoms with Crippen LogP contribution in [0, 0.1) is 0 Å². The summed E-state index contributed by atoms with van der Waals surface area (Å²) in [5.41, 5.74) is 0. The van der Waals surface area contributed by atoms with Crippen molar-refractivity contribution < 1.29 is 5.11 Å². The predicted octanol–water partition coefficient (Wildman–Crippen LogP) is 2.17. The Balaban J connectivity index is 2.46. The molecule has 0 amide bonds. The summed E-state index contributed by atoms with van der Waals surface area (Å²) < 4.78 is 0. The molecule has 0 aliphatic carbocycles. The largest absolute Gasteiger partial charge is 0.392 e.